The zero-order chi connectivity index (χ0) is 14.3. The van der Waals surface area contributed by atoms with Gasteiger partial charge in [0.1, 0.15) is 0 Å². The molecule has 108 valence electrons. The average molecular weight is 275 g/mol. The van der Waals surface area contributed by atoms with Gasteiger partial charge >= 0.3 is 6.18 Å². The quantitative estimate of drug-likeness (QED) is 0.771. The Labute approximate surface area is 111 Å². The number of halogens is 3. The molecule has 1 atom stereocenters. The van der Waals surface area contributed by atoms with Crippen LogP contribution in [0.25, 0.3) is 0 Å². The number of nitrogens with two attached hydrogens (primary N) is 1. The molecule has 0 saturated carbocycles. The van der Waals surface area contributed by atoms with E-state index in [1.54, 1.807) is 0 Å². The van der Waals surface area contributed by atoms with Crippen molar-refractivity contribution in [2.24, 2.45) is 5.73 Å². The van der Waals surface area contributed by atoms with Crippen LogP contribution < -0.4 is 5.73 Å². The molecule has 1 aromatic carbocycles. The highest BCUT2D eigenvalue weighted by Gasteiger charge is 2.25. The summed E-state index contributed by atoms with van der Waals surface area (Å²) in [5.41, 5.74) is 8.07. The van der Waals surface area contributed by atoms with E-state index in [2.05, 4.69) is 6.92 Å². The van der Waals surface area contributed by atoms with E-state index in [1.807, 2.05) is 24.3 Å². The van der Waals surface area contributed by atoms with Crippen LogP contribution >= 0.6 is 0 Å². The van der Waals surface area contributed by atoms with Gasteiger partial charge < -0.3 is 10.5 Å². The third kappa shape index (κ3) is 6.59. The molecule has 0 heterocycles. The van der Waals surface area contributed by atoms with E-state index in [9.17, 15) is 13.2 Å². The lowest BCUT2D eigenvalue weighted by atomic mass is 10.1. The first-order valence-corrected chi connectivity index (χ1v) is 6.41. The van der Waals surface area contributed by atoms with E-state index in [0.717, 1.165) is 12.0 Å². The summed E-state index contributed by atoms with van der Waals surface area (Å²) in [5, 5.41) is 0. The maximum Gasteiger partial charge on any atom is 0.389 e. The zero-order valence-electron chi connectivity index (χ0n) is 11.0. The van der Waals surface area contributed by atoms with Crippen molar-refractivity contribution >= 4 is 0 Å². The van der Waals surface area contributed by atoms with Crippen molar-refractivity contribution in [1.29, 1.82) is 0 Å². The van der Waals surface area contributed by atoms with Gasteiger partial charge in [-0.05, 0) is 24.0 Å². The number of alkyl halides is 3. The summed E-state index contributed by atoms with van der Waals surface area (Å²) >= 11 is 0. The normalized spacial score (nSPS) is 13.5. The summed E-state index contributed by atoms with van der Waals surface area (Å²) in [4.78, 5) is 0. The number of aryl methyl sites for hydroxylation is 1. The van der Waals surface area contributed by atoms with E-state index in [-0.39, 0.29) is 25.7 Å². The van der Waals surface area contributed by atoms with Crippen LogP contribution in [0.3, 0.4) is 0 Å². The molecule has 5 heteroatoms. The van der Waals surface area contributed by atoms with Gasteiger partial charge in [0.2, 0.25) is 0 Å². The summed E-state index contributed by atoms with van der Waals surface area (Å²) in [6, 6.07) is 7.57. The minimum absolute atomic E-state index is 0.0228. The molecule has 0 spiro atoms. The third-order valence-electron chi connectivity index (χ3n) is 2.86. The van der Waals surface area contributed by atoms with E-state index < -0.39 is 12.6 Å². The van der Waals surface area contributed by atoms with E-state index >= 15 is 0 Å². The van der Waals surface area contributed by atoms with Gasteiger partial charge in [-0.2, -0.15) is 13.2 Å². The van der Waals surface area contributed by atoms with Crippen molar-refractivity contribution in [2.75, 3.05) is 13.2 Å². The minimum atomic E-state index is -4.11. The van der Waals surface area contributed by atoms with Crippen molar-refractivity contribution < 1.29 is 17.9 Å². The lowest BCUT2D eigenvalue weighted by Crippen LogP contribution is -2.18. The fourth-order valence-corrected chi connectivity index (χ4v) is 1.68. The zero-order valence-corrected chi connectivity index (χ0v) is 11.0. The Balaban J connectivity index is 2.25. The highest BCUT2D eigenvalue weighted by Crippen LogP contribution is 2.21. The summed E-state index contributed by atoms with van der Waals surface area (Å²) in [6.45, 7) is 2.39. The fraction of sp³-hybridized carbons (Fsp3) is 0.571. The molecule has 1 unspecified atom stereocenters. The Morgan fingerprint density at radius 2 is 1.84 bits per heavy atom. The van der Waals surface area contributed by atoms with E-state index in [1.165, 1.54) is 5.56 Å². The van der Waals surface area contributed by atoms with Crippen LogP contribution in [0.2, 0.25) is 0 Å². The van der Waals surface area contributed by atoms with Crippen LogP contribution in [0.5, 0.6) is 0 Å². The molecule has 2 N–H and O–H groups in total. The number of rotatable bonds is 7. The lowest BCUT2D eigenvalue weighted by molar-refractivity contribution is -0.137. The van der Waals surface area contributed by atoms with Crippen LogP contribution in [0.1, 0.15) is 36.9 Å². The van der Waals surface area contributed by atoms with Crippen molar-refractivity contribution in [2.45, 2.75) is 38.4 Å². The molecule has 0 saturated heterocycles. The van der Waals surface area contributed by atoms with Gasteiger partial charge in [0, 0.05) is 13.0 Å². The summed E-state index contributed by atoms with van der Waals surface area (Å²) in [6.07, 6.45) is -3.98. The first kappa shape index (κ1) is 16.0. The standard InChI is InChI=1S/C14H20F3NO/c1-2-11-4-6-12(7-5-11)13(18)10-19-9-3-8-14(15,16)17/h4-7,13H,2-3,8-10,18H2,1H3. The molecule has 2 nitrogen and oxygen atoms in total. The number of ether oxygens (including phenoxy) is 1. The Bertz CT molecular complexity index is 362. The van der Waals surface area contributed by atoms with Crippen molar-refractivity contribution in [3.05, 3.63) is 35.4 Å². The predicted octanol–water partition coefficient (Wildman–Crippen LogP) is 3.61. The monoisotopic (exact) mass is 275 g/mol. The Hall–Kier alpha value is -1.07. The second-order valence-corrected chi connectivity index (χ2v) is 4.50. The van der Waals surface area contributed by atoms with Crippen molar-refractivity contribution in [3.8, 4) is 0 Å². The SMILES string of the molecule is CCc1ccc(C(N)COCCCC(F)(F)F)cc1. The van der Waals surface area contributed by atoms with Gasteiger partial charge in [0.05, 0.1) is 12.6 Å². The van der Waals surface area contributed by atoms with Crippen molar-refractivity contribution in [3.63, 3.8) is 0 Å². The highest BCUT2D eigenvalue weighted by atomic mass is 19.4. The second kappa shape index (κ2) is 7.50. The maximum atomic E-state index is 11.9. The van der Waals surface area contributed by atoms with Gasteiger partial charge in [0.25, 0.3) is 0 Å². The molecule has 19 heavy (non-hydrogen) atoms. The van der Waals surface area contributed by atoms with Crippen LogP contribution in [-0.2, 0) is 11.2 Å². The number of hydrogen-bond donors (Lipinski definition) is 1. The van der Waals surface area contributed by atoms with Gasteiger partial charge in [-0.3, -0.25) is 0 Å². The Morgan fingerprint density at radius 1 is 1.21 bits per heavy atom. The first-order valence-electron chi connectivity index (χ1n) is 6.41. The molecule has 0 aliphatic heterocycles. The van der Waals surface area contributed by atoms with Crippen molar-refractivity contribution in [1.82, 2.24) is 0 Å². The second-order valence-electron chi connectivity index (χ2n) is 4.50. The van der Waals surface area contributed by atoms with Gasteiger partial charge in [-0.1, -0.05) is 31.2 Å². The van der Waals surface area contributed by atoms with Crippen LogP contribution in [0.4, 0.5) is 13.2 Å². The molecule has 1 rings (SSSR count). The van der Waals surface area contributed by atoms with Gasteiger partial charge in [0.15, 0.2) is 0 Å². The molecule has 0 aliphatic carbocycles. The van der Waals surface area contributed by atoms with Crippen LogP contribution in [-0.4, -0.2) is 19.4 Å². The van der Waals surface area contributed by atoms with Gasteiger partial charge in [-0.15, -0.1) is 0 Å². The van der Waals surface area contributed by atoms with Crippen LogP contribution in [0, 0.1) is 0 Å². The predicted molar refractivity (Wildman–Crippen MR) is 68.9 cm³/mol. The van der Waals surface area contributed by atoms with E-state index in [4.69, 9.17) is 10.5 Å². The Morgan fingerprint density at radius 3 is 2.37 bits per heavy atom. The first-order chi connectivity index (χ1) is 8.92. The smallest absolute Gasteiger partial charge is 0.379 e. The van der Waals surface area contributed by atoms with Gasteiger partial charge in [-0.25, -0.2) is 0 Å². The molecular weight excluding hydrogens is 255 g/mol. The minimum Gasteiger partial charge on any atom is -0.379 e. The average Bonchev–Trinajstić information content (AvgIpc) is 2.37. The number of benzene rings is 1. The lowest BCUT2D eigenvalue weighted by Gasteiger charge is -2.13. The molecule has 0 fully saturated rings. The molecular formula is C14H20F3NO. The number of hydrogen-bond acceptors (Lipinski definition) is 2. The maximum absolute atomic E-state index is 11.9. The summed E-state index contributed by atoms with van der Waals surface area (Å²) in [7, 11) is 0. The van der Waals surface area contributed by atoms with Crippen LogP contribution in [0.15, 0.2) is 24.3 Å². The topological polar surface area (TPSA) is 35.2 Å². The molecule has 0 aliphatic rings. The highest BCUT2D eigenvalue weighted by molar-refractivity contribution is 5.24. The molecule has 0 radical (unpaired) electrons. The fourth-order valence-electron chi connectivity index (χ4n) is 1.68. The summed E-state index contributed by atoms with van der Waals surface area (Å²) in [5.74, 6) is 0. The summed E-state index contributed by atoms with van der Waals surface area (Å²) < 4.78 is 40.9. The largest absolute Gasteiger partial charge is 0.389 e. The molecule has 1 aromatic rings. The molecule has 0 bridgehead atoms. The molecule has 0 amide bonds. The Kier molecular flexibility index (Phi) is 6.31. The van der Waals surface area contributed by atoms with E-state index in [0.29, 0.717) is 0 Å². The molecule has 0 aromatic heterocycles. The third-order valence-corrected chi connectivity index (χ3v) is 2.86.